The highest BCUT2D eigenvalue weighted by atomic mass is 35.5. The average molecular weight is 367 g/mol. The van der Waals surface area contributed by atoms with Crippen LogP contribution in [0.2, 0.25) is 5.02 Å². The van der Waals surface area contributed by atoms with Crippen LogP contribution >= 0.6 is 11.6 Å². The van der Waals surface area contributed by atoms with Gasteiger partial charge in [-0.3, -0.25) is 9.10 Å². The van der Waals surface area contributed by atoms with Crippen LogP contribution in [0.4, 0.5) is 11.4 Å². The molecular weight excluding hydrogens is 348 g/mol. The molecule has 2 rings (SSSR count). The topological polar surface area (TPSA) is 66.5 Å². The summed E-state index contributed by atoms with van der Waals surface area (Å²) in [5, 5.41) is 3.19. The third-order valence-corrected chi connectivity index (χ3v) is 4.90. The van der Waals surface area contributed by atoms with E-state index in [1.54, 1.807) is 18.2 Å². The molecule has 24 heavy (non-hydrogen) atoms. The molecule has 7 heteroatoms. The number of carbonyl (C=O) groups excluding carboxylic acids is 1. The van der Waals surface area contributed by atoms with Crippen molar-refractivity contribution in [3.8, 4) is 0 Å². The Morgan fingerprint density at radius 3 is 2.25 bits per heavy atom. The molecule has 0 heterocycles. The van der Waals surface area contributed by atoms with Crippen LogP contribution in [0.3, 0.4) is 0 Å². The number of halogens is 1. The van der Waals surface area contributed by atoms with Crippen LogP contribution in [0.15, 0.2) is 42.5 Å². The van der Waals surface area contributed by atoms with Gasteiger partial charge in [-0.05, 0) is 43.2 Å². The van der Waals surface area contributed by atoms with E-state index in [0.29, 0.717) is 16.4 Å². The first kappa shape index (κ1) is 18.3. The molecule has 1 amide bonds. The molecule has 5 nitrogen and oxygen atoms in total. The van der Waals surface area contributed by atoms with Gasteiger partial charge in [-0.25, -0.2) is 8.42 Å². The van der Waals surface area contributed by atoms with Crippen molar-refractivity contribution in [3.05, 3.63) is 58.6 Å². The van der Waals surface area contributed by atoms with Gasteiger partial charge in [-0.2, -0.15) is 0 Å². The molecule has 0 fully saturated rings. The maximum Gasteiger partial charge on any atom is 0.245 e. The summed E-state index contributed by atoms with van der Waals surface area (Å²) in [5.74, 6) is -0.419. The van der Waals surface area contributed by atoms with Gasteiger partial charge in [0.15, 0.2) is 0 Å². The summed E-state index contributed by atoms with van der Waals surface area (Å²) in [6, 6.07) is 12.0. The Balaban J connectivity index is 2.26. The quantitative estimate of drug-likeness (QED) is 0.882. The van der Waals surface area contributed by atoms with Crippen molar-refractivity contribution in [2.75, 3.05) is 22.4 Å². The lowest BCUT2D eigenvalue weighted by Crippen LogP contribution is -2.37. The summed E-state index contributed by atoms with van der Waals surface area (Å²) >= 11 is 5.92. The highest BCUT2D eigenvalue weighted by Crippen LogP contribution is 2.23. The predicted octanol–water partition coefficient (Wildman–Crippen LogP) is 3.36. The number of sulfonamides is 1. The van der Waals surface area contributed by atoms with E-state index in [9.17, 15) is 13.2 Å². The van der Waals surface area contributed by atoms with Gasteiger partial charge < -0.3 is 5.32 Å². The Morgan fingerprint density at radius 2 is 1.71 bits per heavy atom. The van der Waals surface area contributed by atoms with E-state index in [4.69, 9.17) is 11.6 Å². The lowest BCUT2D eigenvalue weighted by atomic mass is 10.1. The Labute approximate surface area is 147 Å². The van der Waals surface area contributed by atoms with E-state index >= 15 is 0 Å². The summed E-state index contributed by atoms with van der Waals surface area (Å²) < 4.78 is 25.2. The number of anilines is 2. The van der Waals surface area contributed by atoms with Crippen LogP contribution in [0.25, 0.3) is 0 Å². The van der Waals surface area contributed by atoms with Gasteiger partial charge in [0.25, 0.3) is 0 Å². The van der Waals surface area contributed by atoms with Crippen molar-refractivity contribution in [3.63, 3.8) is 0 Å². The molecule has 0 aliphatic rings. The Kier molecular flexibility index (Phi) is 5.51. The fraction of sp³-hybridized carbons (Fsp3) is 0.235. The first-order valence-corrected chi connectivity index (χ1v) is 9.50. The van der Waals surface area contributed by atoms with Gasteiger partial charge in [0, 0.05) is 10.7 Å². The van der Waals surface area contributed by atoms with Crippen LogP contribution < -0.4 is 9.62 Å². The van der Waals surface area contributed by atoms with Gasteiger partial charge >= 0.3 is 0 Å². The highest BCUT2D eigenvalue weighted by molar-refractivity contribution is 7.92. The zero-order valence-corrected chi connectivity index (χ0v) is 15.3. The molecule has 0 unspecified atom stereocenters. The largest absolute Gasteiger partial charge is 0.324 e. The van der Waals surface area contributed by atoms with E-state index in [1.165, 1.54) is 6.07 Å². The third-order valence-electron chi connectivity index (χ3n) is 3.53. The Morgan fingerprint density at radius 1 is 1.12 bits per heavy atom. The van der Waals surface area contributed by atoms with Crippen molar-refractivity contribution in [1.82, 2.24) is 0 Å². The first-order chi connectivity index (χ1) is 11.2. The van der Waals surface area contributed by atoms with E-state index in [-0.39, 0.29) is 6.54 Å². The summed E-state index contributed by atoms with van der Waals surface area (Å²) in [6.07, 6.45) is 1.06. The molecule has 0 aromatic heterocycles. The van der Waals surface area contributed by atoms with E-state index in [2.05, 4.69) is 5.32 Å². The van der Waals surface area contributed by atoms with Gasteiger partial charge in [-0.1, -0.05) is 35.9 Å². The molecule has 2 aromatic carbocycles. The molecule has 0 aliphatic heterocycles. The minimum atomic E-state index is -3.63. The lowest BCUT2D eigenvalue weighted by molar-refractivity contribution is -0.114. The summed E-state index contributed by atoms with van der Waals surface area (Å²) in [7, 11) is -3.63. The van der Waals surface area contributed by atoms with E-state index in [1.807, 2.05) is 32.0 Å². The molecule has 0 bridgehead atoms. The second-order valence-electron chi connectivity index (χ2n) is 5.56. The number of aryl methyl sites for hydroxylation is 2. The van der Waals surface area contributed by atoms with Crippen molar-refractivity contribution in [1.29, 1.82) is 0 Å². The van der Waals surface area contributed by atoms with Gasteiger partial charge in [-0.15, -0.1) is 0 Å². The zero-order valence-electron chi connectivity index (χ0n) is 13.7. The number of hydrogen-bond donors (Lipinski definition) is 1. The highest BCUT2D eigenvalue weighted by Gasteiger charge is 2.21. The molecule has 0 spiro atoms. The predicted molar refractivity (Wildman–Crippen MR) is 98.2 cm³/mol. The van der Waals surface area contributed by atoms with Crippen LogP contribution in [0.1, 0.15) is 11.1 Å². The number of para-hydroxylation sites is 1. The number of nitrogens with one attached hydrogen (secondary N) is 1. The average Bonchev–Trinajstić information content (AvgIpc) is 2.47. The number of benzene rings is 2. The van der Waals surface area contributed by atoms with Gasteiger partial charge in [0.1, 0.15) is 6.54 Å². The third kappa shape index (κ3) is 4.49. The summed E-state index contributed by atoms with van der Waals surface area (Å²) in [5.41, 5.74) is 2.87. The van der Waals surface area contributed by atoms with Crippen LogP contribution in [-0.2, 0) is 14.8 Å². The molecule has 128 valence electrons. The molecule has 0 saturated heterocycles. The van der Waals surface area contributed by atoms with Crippen LogP contribution in [0.5, 0.6) is 0 Å². The van der Waals surface area contributed by atoms with Crippen molar-refractivity contribution in [2.45, 2.75) is 13.8 Å². The second-order valence-corrected chi connectivity index (χ2v) is 7.91. The second kappa shape index (κ2) is 7.23. The monoisotopic (exact) mass is 366 g/mol. The Bertz CT molecular complexity index is 846. The minimum Gasteiger partial charge on any atom is -0.324 e. The molecular formula is C17H19ClN2O3S. The standard InChI is InChI=1S/C17H19ClN2O3S/c1-12-6-4-7-13(2)17(12)19-16(21)11-20(24(3,22)23)15-9-5-8-14(18)10-15/h4-10H,11H2,1-3H3,(H,19,21). The molecule has 0 radical (unpaired) electrons. The number of amides is 1. The smallest absolute Gasteiger partial charge is 0.245 e. The number of rotatable bonds is 5. The molecule has 0 aliphatic carbocycles. The summed E-state index contributed by atoms with van der Waals surface area (Å²) in [4.78, 5) is 12.4. The van der Waals surface area contributed by atoms with Gasteiger partial charge in [0.2, 0.25) is 15.9 Å². The molecule has 1 N–H and O–H groups in total. The zero-order chi connectivity index (χ0) is 17.9. The maximum absolute atomic E-state index is 12.4. The van der Waals surface area contributed by atoms with Crippen molar-refractivity contribution < 1.29 is 13.2 Å². The Hall–Kier alpha value is -2.05. The normalized spacial score (nSPS) is 11.2. The van der Waals surface area contributed by atoms with Crippen molar-refractivity contribution >= 4 is 38.9 Å². The first-order valence-electron chi connectivity index (χ1n) is 7.28. The molecule has 2 aromatic rings. The van der Waals surface area contributed by atoms with Crippen LogP contribution in [0, 0.1) is 13.8 Å². The lowest BCUT2D eigenvalue weighted by Gasteiger charge is -2.22. The van der Waals surface area contributed by atoms with E-state index in [0.717, 1.165) is 21.7 Å². The SMILES string of the molecule is Cc1cccc(C)c1NC(=O)CN(c1cccc(Cl)c1)S(C)(=O)=O. The van der Waals surface area contributed by atoms with Crippen molar-refractivity contribution in [2.24, 2.45) is 0 Å². The molecule has 0 atom stereocenters. The van der Waals surface area contributed by atoms with E-state index < -0.39 is 15.9 Å². The summed E-state index contributed by atoms with van der Waals surface area (Å²) in [6.45, 7) is 3.44. The fourth-order valence-electron chi connectivity index (χ4n) is 2.35. The fourth-order valence-corrected chi connectivity index (χ4v) is 3.39. The maximum atomic E-state index is 12.4. The number of hydrogen-bond acceptors (Lipinski definition) is 3. The number of carbonyl (C=O) groups is 1. The number of nitrogens with zero attached hydrogens (tertiary/aromatic N) is 1. The minimum absolute atomic E-state index is 0.326. The molecule has 0 saturated carbocycles. The van der Waals surface area contributed by atoms with Crippen LogP contribution in [-0.4, -0.2) is 27.1 Å². The van der Waals surface area contributed by atoms with Gasteiger partial charge in [0.05, 0.1) is 11.9 Å².